The molecule has 0 saturated heterocycles. The molecule has 24 heavy (non-hydrogen) atoms. The largest absolute Gasteiger partial charge is 0.462 e. The molecule has 6 nitrogen and oxygen atoms in total. The van der Waals surface area contributed by atoms with Gasteiger partial charge in [-0.05, 0) is 51.0 Å². The molecule has 1 fully saturated rings. The number of esters is 1. The number of anilines is 1. The average molecular weight is 325 g/mol. The van der Waals surface area contributed by atoms with E-state index in [-0.39, 0.29) is 11.9 Å². The van der Waals surface area contributed by atoms with Crippen molar-refractivity contribution in [2.24, 2.45) is 0 Å². The summed E-state index contributed by atoms with van der Waals surface area (Å²) in [6, 6.07) is 6.57. The highest BCUT2D eigenvalue weighted by Gasteiger charge is 2.27. The van der Waals surface area contributed by atoms with Gasteiger partial charge in [0.1, 0.15) is 5.82 Å². The lowest BCUT2D eigenvalue weighted by molar-refractivity contribution is 0.0526. The molecule has 0 atom stereocenters. The van der Waals surface area contributed by atoms with E-state index >= 15 is 0 Å². The Morgan fingerprint density at radius 1 is 1.25 bits per heavy atom. The zero-order valence-corrected chi connectivity index (χ0v) is 13.7. The Morgan fingerprint density at radius 3 is 2.54 bits per heavy atom. The van der Waals surface area contributed by atoms with Crippen LogP contribution in [0.2, 0.25) is 0 Å². The van der Waals surface area contributed by atoms with Gasteiger partial charge in [-0.1, -0.05) is 0 Å². The van der Waals surface area contributed by atoms with E-state index in [1.807, 2.05) is 6.92 Å². The van der Waals surface area contributed by atoms with Crippen molar-refractivity contribution in [1.82, 2.24) is 9.97 Å². The van der Waals surface area contributed by atoms with Gasteiger partial charge in [0, 0.05) is 17.8 Å². The fraction of sp³-hybridized carbons (Fsp3) is 0.333. The number of carbonyl (C=O) groups is 2. The first-order valence-electron chi connectivity index (χ1n) is 8.00. The number of hydrogen-bond donors (Lipinski definition) is 1. The van der Waals surface area contributed by atoms with E-state index in [1.54, 1.807) is 37.4 Å². The molecular weight excluding hydrogens is 306 g/mol. The van der Waals surface area contributed by atoms with Gasteiger partial charge >= 0.3 is 5.97 Å². The highest BCUT2D eigenvalue weighted by molar-refractivity contribution is 6.05. The number of rotatable bonds is 5. The second-order valence-corrected chi connectivity index (χ2v) is 5.75. The molecular formula is C18H19N3O3. The summed E-state index contributed by atoms with van der Waals surface area (Å²) in [6.07, 6.45) is 3.83. The Bertz CT molecular complexity index is 768. The van der Waals surface area contributed by atoms with Crippen LogP contribution in [0.5, 0.6) is 0 Å². The summed E-state index contributed by atoms with van der Waals surface area (Å²) in [5.41, 5.74) is 2.17. The highest BCUT2D eigenvalue weighted by atomic mass is 16.5. The Hall–Kier alpha value is -2.76. The topological polar surface area (TPSA) is 81.2 Å². The summed E-state index contributed by atoms with van der Waals surface area (Å²) >= 11 is 0. The molecule has 0 bridgehead atoms. The van der Waals surface area contributed by atoms with E-state index in [0.29, 0.717) is 35.0 Å². The molecule has 0 radical (unpaired) electrons. The first kappa shape index (κ1) is 16.1. The highest BCUT2D eigenvalue weighted by Crippen LogP contribution is 2.37. The van der Waals surface area contributed by atoms with Crippen LogP contribution in [-0.4, -0.2) is 28.5 Å². The van der Waals surface area contributed by atoms with Crippen molar-refractivity contribution in [2.45, 2.75) is 32.6 Å². The van der Waals surface area contributed by atoms with Crippen LogP contribution in [0.15, 0.2) is 30.5 Å². The smallest absolute Gasteiger partial charge is 0.338 e. The van der Waals surface area contributed by atoms with Gasteiger partial charge in [-0.25, -0.2) is 14.8 Å². The molecule has 2 aromatic rings. The number of amides is 1. The Labute approximate surface area is 140 Å². The first-order chi connectivity index (χ1) is 11.6. The van der Waals surface area contributed by atoms with Crippen LogP contribution in [0.25, 0.3) is 0 Å². The van der Waals surface area contributed by atoms with Crippen LogP contribution in [0.4, 0.5) is 5.69 Å². The summed E-state index contributed by atoms with van der Waals surface area (Å²) in [4.78, 5) is 32.7. The minimum Gasteiger partial charge on any atom is -0.462 e. The fourth-order valence-corrected chi connectivity index (χ4v) is 2.35. The third-order valence-corrected chi connectivity index (χ3v) is 3.84. The SMILES string of the molecule is CCOC(=O)c1ccc(NC(=O)c2cnc(C3CC3)nc2C)cc1. The molecule has 1 amide bonds. The zero-order valence-electron chi connectivity index (χ0n) is 13.7. The molecule has 1 aliphatic rings. The van der Waals surface area contributed by atoms with E-state index in [2.05, 4.69) is 15.3 Å². The van der Waals surface area contributed by atoms with Crippen molar-refractivity contribution in [3.8, 4) is 0 Å². The van der Waals surface area contributed by atoms with Gasteiger partial charge in [-0.2, -0.15) is 0 Å². The van der Waals surface area contributed by atoms with Gasteiger partial charge in [0.05, 0.1) is 23.4 Å². The van der Waals surface area contributed by atoms with E-state index < -0.39 is 0 Å². The molecule has 1 saturated carbocycles. The van der Waals surface area contributed by atoms with Crippen LogP contribution >= 0.6 is 0 Å². The predicted molar refractivity (Wildman–Crippen MR) is 89.1 cm³/mol. The van der Waals surface area contributed by atoms with E-state index in [4.69, 9.17) is 4.74 Å². The van der Waals surface area contributed by atoms with Gasteiger partial charge in [-0.3, -0.25) is 4.79 Å². The summed E-state index contributed by atoms with van der Waals surface area (Å²) in [5, 5.41) is 2.79. The Kier molecular flexibility index (Phi) is 4.55. The maximum atomic E-state index is 12.4. The Morgan fingerprint density at radius 2 is 1.96 bits per heavy atom. The standard InChI is InChI=1S/C18H19N3O3/c1-3-24-18(23)13-6-8-14(9-7-13)21-17(22)15-10-19-16(12-4-5-12)20-11(15)2/h6-10,12H,3-5H2,1-2H3,(H,21,22). The number of ether oxygens (including phenoxy) is 1. The third kappa shape index (κ3) is 3.59. The molecule has 1 heterocycles. The number of nitrogens with one attached hydrogen (secondary N) is 1. The van der Waals surface area contributed by atoms with Crippen molar-refractivity contribution in [2.75, 3.05) is 11.9 Å². The summed E-state index contributed by atoms with van der Waals surface area (Å²) in [6.45, 7) is 3.89. The lowest BCUT2D eigenvalue weighted by Crippen LogP contribution is -2.15. The molecule has 0 aliphatic heterocycles. The van der Waals surface area contributed by atoms with Gasteiger partial charge < -0.3 is 10.1 Å². The molecule has 1 aliphatic carbocycles. The van der Waals surface area contributed by atoms with Crippen LogP contribution in [0.3, 0.4) is 0 Å². The zero-order chi connectivity index (χ0) is 17.1. The predicted octanol–water partition coefficient (Wildman–Crippen LogP) is 3.09. The van der Waals surface area contributed by atoms with E-state index in [1.165, 1.54) is 0 Å². The lowest BCUT2D eigenvalue weighted by Gasteiger charge is -2.09. The Balaban J connectivity index is 1.69. The van der Waals surface area contributed by atoms with Gasteiger partial charge in [0.25, 0.3) is 5.91 Å². The minimum absolute atomic E-state index is 0.265. The van der Waals surface area contributed by atoms with Crippen molar-refractivity contribution >= 4 is 17.6 Å². The fourth-order valence-electron chi connectivity index (χ4n) is 2.35. The number of nitrogens with zero attached hydrogens (tertiary/aromatic N) is 2. The average Bonchev–Trinajstić information content (AvgIpc) is 3.40. The monoisotopic (exact) mass is 325 g/mol. The molecule has 1 aromatic heterocycles. The van der Waals surface area contributed by atoms with E-state index in [0.717, 1.165) is 18.7 Å². The van der Waals surface area contributed by atoms with Crippen molar-refractivity contribution in [3.63, 3.8) is 0 Å². The van der Waals surface area contributed by atoms with E-state index in [9.17, 15) is 9.59 Å². The first-order valence-corrected chi connectivity index (χ1v) is 8.00. The van der Waals surface area contributed by atoms with Crippen molar-refractivity contribution in [3.05, 3.63) is 53.1 Å². The second kappa shape index (κ2) is 6.78. The van der Waals surface area contributed by atoms with Crippen LogP contribution < -0.4 is 5.32 Å². The third-order valence-electron chi connectivity index (χ3n) is 3.84. The normalized spacial score (nSPS) is 13.4. The van der Waals surface area contributed by atoms with Gasteiger partial charge in [0.15, 0.2) is 0 Å². The number of benzene rings is 1. The van der Waals surface area contributed by atoms with Crippen LogP contribution in [0, 0.1) is 6.92 Å². The van der Waals surface area contributed by atoms with Crippen LogP contribution in [-0.2, 0) is 4.74 Å². The molecule has 1 aromatic carbocycles. The maximum Gasteiger partial charge on any atom is 0.338 e. The van der Waals surface area contributed by atoms with Crippen molar-refractivity contribution in [1.29, 1.82) is 0 Å². The summed E-state index contributed by atoms with van der Waals surface area (Å²) in [5.74, 6) is 0.632. The van der Waals surface area contributed by atoms with Gasteiger partial charge in [0.2, 0.25) is 0 Å². The molecule has 0 spiro atoms. The summed E-state index contributed by atoms with van der Waals surface area (Å²) in [7, 11) is 0. The summed E-state index contributed by atoms with van der Waals surface area (Å²) < 4.78 is 4.93. The molecule has 6 heteroatoms. The number of carbonyl (C=O) groups excluding carboxylic acids is 2. The molecule has 124 valence electrons. The minimum atomic E-state index is -0.379. The lowest BCUT2D eigenvalue weighted by atomic mass is 10.2. The number of aromatic nitrogens is 2. The van der Waals surface area contributed by atoms with Gasteiger partial charge in [-0.15, -0.1) is 0 Å². The second-order valence-electron chi connectivity index (χ2n) is 5.75. The number of aryl methyl sites for hydroxylation is 1. The molecule has 1 N–H and O–H groups in total. The molecule has 3 rings (SSSR count). The van der Waals surface area contributed by atoms with Crippen LogP contribution in [0.1, 0.15) is 57.9 Å². The quantitative estimate of drug-likeness (QED) is 0.854. The maximum absolute atomic E-state index is 12.4. The molecule has 0 unspecified atom stereocenters. The van der Waals surface area contributed by atoms with Crippen molar-refractivity contribution < 1.29 is 14.3 Å². The number of hydrogen-bond acceptors (Lipinski definition) is 5.